The molecule has 2 aromatic carbocycles. The third-order valence-electron chi connectivity index (χ3n) is 6.43. The fraction of sp³-hybridized carbons (Fsp3) is 0.444. The zero-order chi connectivity index (χ0) is 22.5. The minimum atomic E-state index is -0.675. The van der Waals surface area contributed by atoms with Crippen molar-refractivity contribution in [2.75, 3.05) is 26.7 Å². The molecule has 1 saturated heterocycles. The fourth-order valence-corrected chi connectivity index (χ4v) is 4.59. The summed E-state index contributed by atoms with van der Waals surface area (Å²) in [5.74, 6) is 0.0325. The number of aryl methyl sites for hydroxylation is 2. The van der Waals surface area contributed by atoms with E-state index in [2.05, 4.69) is 54.3 Å². The first kappa shape index (κ1) is 22.6. The lowest BCUT2D eigenvalue weighted by Crippen LogP contribution is -2.50. The molecular weight excluding hydrogens is 402 g/mol. The van der Waals surface area contributed by atoms with Gasteiger partial charge >= 0.3 is 5.97 Å². The highest BCUT2D eigenvalue weighted by atomic mass is 16.5. The molecule has 0 saturated carbocycles. The highest BCUT2D eigenvalue weighted by Crippen LogP contribution is 2.28. The molecule has 32 heavy (non-hydrogen) atoms. The zero-order valence-electron chi connectivity index (χ0n) is 19.1. The molecule has 2 aliphatic rings. The molecule has 1 heterocycles. The molecule has 2 aromatic rings. The van der Waals surface area contributed by atoms with Gasteiger partial charge in [-0.25, -0.2) is 0 Å². The van der Waals surface area contributed by atoms with Gasteiger partial charge < -0.3 is 14.6 Å². The molecule has 170 valence electrons. The van der Waals surface area contributed by atoms with Gasteiger partial charge in [-0.3, -0.25) is 9.69 Å². The largest absolute Gasteiger partial charge is 0.496 e. The van der Waals surface area contributed by atoms with Crippen LogP contribution in [0, 0.1) is 5.92 Å². The molecule has 5 heteroatoms. The summed E-state index contributed by atoms with van der Waals surface area (Å²) in [7, 11) is 1.71. The van der Waals surface area contributed by atoms with E-state index in [0.717, 1.165) is 43.5 Å². The van der Waals surface area contributed by atoms with Crippen LogP contribution < -0.4 is 4.74 Å². The molecular formula is C27H33NO4. The first-order valence-electron chi connectivity index (χ1n) is 11.6. The molecule has 0 unspecified atom stereocenters. The van der Waals surface area contributed by atoms with E-state index in [1.165, 1.54) is 27.8 Å². The minimum Gasteiger partial charge on any atom is -0.496 e. The summed E-state index contributed by atoms with van der Waals surface area (Å²) in [6.07, 6.45) is 6.52. The van der Waals surface area contributed by atoms with Crippen molar-refractivity contribution in [1.29, 1.82) is 0 Å². The third kappa shape index (κ3) is 5.40. The van der Waals surface area contributed by atoms with E-state index in [0.29, 0.717) is 26.3 Å². The number of methoxy groups -OCH3 is 1. The summed E-state index contributed by atoms with van der Waals surface area (Å²) in [5, 5.41) is 9.04. The van der Waals surface area contributed by atoms with Gasteiger partial charge in [0, 0.05) is 25.2 Å². The molecule has 1 N–H and O–H groups in total. The van der Waals surface area contributed by atoms with Crippen LogP contribution in [-0.4, -0.2) is 42.7 Å². The van der Waals surface area contributed by atoms with Crippen molar-refractivity contribution < 1.29 is 19.4 Å². The molecule has 0 bridgehead atoms. The Morgan fingerprint density at radius 3 is 2.66 bits per heavy atom. The Labute approximate surface area is 190 Å². The average Bonchev–Trinajstić information content (AvgIpc) is 2.76. The van der Waals surface area contributed by atoms with Gasteiger partial charge in [-0.15, -0.1) is 0 Å². The molecule has 0 atom stereocenters. The summed E-state index contributed by atoms with van der Waals surface area (Å²) < 4.78 is 11.6. The van der Waals surface area contributed by atoms with Gasteiger partial charge in [-0.2, -0.15) is 0 Å². The maximum Gasteiger partial charge on any atom is 0.309 e. The summed E-state index contributed by atoms with van der Waals surface area (Å²) >= 11 is 0. The highest BCUT2D eigenvalue weighted by Gasteiger charge is 2.32. The monoisotopic (exact) mass is 435 g/mol. The third-order valence-corrected chi connectivity index (χ3v) is 6.43. The smallest absolute Gasteiger partial charge is 0.309 e. The van der Waals surface area contributed by atoms with E-state index >= 15 is 0 Å². The number of rotatable bonds is 10. The average molecular weight is 436 g/mol. The Bertz CT molecular complexity index is 991. The van der Waals surface area contributed by atoms with Crippen LogP contribution in [0.15, 0.2) is 42.0 Å². The van der Waals surface area contributed by atoms with Gasteiger partial charge in [-0.05, 0) is 47.6 Å². The van der Waals surface area contributed by atoms with Crippen LogP contribution >= 0.6 is 0 Å². The second kappa shape index (κ2) is 10.3. The molecule has 0 radical (unpaired) electrons. The van der Waals surface area contributed by atoms with E-state index in [-0.39, 0.29) is 5.92 Å². The Morgan fingerprint density at radius 1 is 1.09 bits per heavy atom. The molecule has 4 rings (SSSR count). The van der Waals surface area contributed by atoms with Gasteiger partial charge in [0.1, 0.15) is 5.75 Å². The molecule has 1 fully saturated rings. The van der Waals surface area contributed by atoms with Crippen LogP contribution in [-0.2, 0) is 35.6 Å². The van der Waals surface area contributed by atoms with Crippen molar-refractivity contribution in [3.05, 3.63) is 69.8 Å². The molecule has 5 nitrogen and oxygen atoms in total. The van der Waals surface area contributed by atoms with E-state index in [4.69, 9.17) is 14.6 Å². The van der Waals surface area contributed by atoms with Gasteiger partial charge in [0.05, 0.1) is 26.2 Å². The maximum absolute atomic E-state index is 11.0. The molecule has 0 spiro atoms. The van der Waals surface area contributed by atoms with Gasteiger partial charge in [0.15, 0.2) is 0 Å². The van der Waals surface area contributed by atoms with E-state index in [9.17, 15) is 4.79 Å². The van der Waals surface area contributed by atoms with Gasteiger partial charge in [-0.1, -0.05) is 55.3 Å². The minimum absolute atomic E-state index is 0.191. The number of aliphatic carboxylic acids is 1. The standard InChI is InChI=1S/C27H33NO4/c1-3-4-19-5-10-24(26(13-19)31-2)18-32-17-21-7-9-22-11-20(6-8-23(22)12-21)14-28-15-25(16-28)27(29)30/h5,7,9-13,25H,3-4,6,8,14-18H2,1-2H3,(H,29,30). The normalized spacial score (nSPS) is 16.2. The summed E-state index contributed by atoms with van der Waals surface area (Å²) in [6, 6.07) is 13.0. The van der Waals surface area contributed by atoms with E-state index < -0.39 is 5.97 Å². The first-order valence-corrected chi connectivity index (χ1v) is 11.6. The fourth-order valence-electron chi connectivity index (χ4n) is 4.59. The van der Waals surface area contributed by atoms with E-state index in [1.54, 1.807) is 7.11 Å². The topological polar surface area (TPSA) is 59.0 Å². The SMILES string of the molecule is CCCc1ccc(COCc2ccc3c(c2)CCC(CN2CC(C(=O)O)C2)=C3)c(OC)c1. The van der Waals surface area contributed by atoms with Crippen LogP contribution in [0.5, 0.6) is 5.75 Å². The van der Waals surface area contributed by atoms with Crippen LogP contribution in [0.1, 0.15) is 47.6 Å². The van der Waals surface area contributed by atoms with Crippen molar-refractivity contribution in [2.24, 2.45) is 5.92 Å². The number of carbonyl (C=O) groups is 1. The Morgan fingerprint density at radius 2 is 1.91 bits per heavy atom. The Kier molecular flexibility index (Phi) is 7.28. The zero-order valence-corrected chi connectivity index (χ0v) is 19.1. The number of hydrogen-bond acceptors (Lipinski definition) is 4. The molecule has 0 aromatic heterocycles. The van der Waals surface area contributed by atoms with Crippen molar-refractivity contribution in [3.8, 4) is 5.75 Å². The number of benzene rings is 2. The lowest BCUT2D eigenvalue weighted by Gasteiger charge is -2.37. The van der Waals surface area contributed by atoms with Gasteiger partial charge in [0.2, 0.25) is 0 Å². The quantitative estimate of drug-likeness (QED) is 0.586. The highest BCUT2D eigenvalue weighted by molar-refractivity contribution is 5.71. The number of carboxylic acid groups (broad SMARTS) is 1. The number of carboxylic acids is 1. The number of hydrogen-bond donors (Lipinski definition) is 1. The van der Waals surface area contributed by atoms with Crippen LogP contribution in [0.4, 0.5) is 0 Å². The number of nitrogens with zero attached hydrogens (tertiary/aromatic N) is 1. The summed E-state index contributed by atoms with van der Waals surface area (Å²) in [6.45, 7) is 5.51. The van der Waals surface area contributed by atoms with Crippen LogP contribution in [0.25, 0.3) is 6.08 Å². The summed E-state index contributed by atoms with van der Waals surface area (Å²) in [5.41, 5.74) is 7.60. The molecule has 1 aliphatic heterocycles. The second-order valence-corrected chi connectivity index (χ2v) is 8.95. The Hall–Kier alpha value is -2.63. The number of likely N-dealkylation sites (tertiary alicyclic amines) is 1. The van der Waals surface area contributed by atoms with Crippen molar-refractivity contribution in [2.45, 2.75) is 45.8 Å². The second-order valence-electron chi connectivity index (χ2n) is 8.95. The predicted octanol–water partition coefficient (Wildman–Crippen LogP) is 4.71. The lowest BCUT2D eigenvalue weighted by molar-refractivity contribution is -0.147. The van der Waals surface area contributed by atoms with Crippen LogP contribution in [0.3, 0.4) is 0 Å². The maximum atomic E-state index is 11.0. The predicted molar refractivity (Wildman–Crippen MR) is 126 cm³/mol. The first-order chi connectivity index (χ1) is 15.6. The van der Waals surface area contributed by atoms with Crippen LogP contribution in [0.2, 0.25) is 0 Å². The van der Waals surface area contributed by atoms with Crippen molar-refractivity contribution >= 4 is 12.0 Å². The number of ether oxygens (including phenoxy) is 2. The number of fused-ring (bicyclic) bond motifs is 1. The molecule has 0 amide bonds. The van der Waals surface area contributed by atoms with E-state index in [1.807, 2.05) is 0 Å². The van der Waals surface area contributed by atoms with Crippen molar-refractivity contribution in [1.82, 2.24) is 4.90 Å². The summed E-state index contributed by atoms with van der Waals surface area (Å²) in [4.78, 5) is 13.2. The van der Waals surface area contributed by atoms with Gasteiger partial charge in [0.25, 0.3) is 0 Å². The van der Waals surface area contributed by atoms with Crippen molar-refractivity contribution in [3.63, 3.8) is 0 Å². The Balaban J connectivity index is 1.31. The lowest BCUT2D eigenvalue weighted by atomic mass is 9.89. The molecule has 1 aliphatic carbocycles.